The van der Waals surface area contributed by atoms with E-state index in [4.69, 9.17) is 4.42 Å². The van der Waals surface area contributed by atoms with E-state index in [1.807, 2.05) is 12.1 Å². The van der Waals surface area contributed by atoms with E-state index in [0.29, 0.717) is 20.9 Å². The Hall–Kier alpha value is -2.17. The molecule has 124 valence electrons. The van der Waals surface area contributed by atoms with Gasteiger partial charge in [0.25, 0.3) is 5.91 Å². The Morgan fingerprint density at radius 3 is 2.92 bits per heavy atom. The first-order valence-electron chi connectivity index (χ1n) is 6.81. The smallest absolute Gasteiger partial charge is 0.267 e. The van der Waals surface area contributed by atoms with E-state index in [1.165, 1.54) is 34.4 Å². The average Bonchev–Trinajstić information content (AvgIpc) is 3.33. The molecule has 2 amide bonds. The molecule has 3 aromatic heterocycles. The number of imide groups is 1. The van der Waals surface area contributed by atoms with Gasteiger partial charge in [0.05, 0.1) is 23.4 Å². The van der Waals surface area contributed by atoms with Crippen LogP contribution in [0.5, 0.6) is 0 Å². The SMILES string of the molecule is O=C(CSc1nnc(NCc2ccco2)s1)NC(=O)c1cccs1. The molecular formula is C14H12N4O3S3. The molecule has 0 aromatic carbocycles. The molecular weight excluding hydrogens is 368 g/mol. The lowest BCUT2D eigenvalue weighted by molar-refractivity contribution is -0.117. The van der Waals surface area contributed by atoms with Crippen molar-refractivity contribution in [2.24, 2.45) is 0 Å². The minimum absolute atomic E-state index is 0.101. The zero-order valence-electron chi connectivity index (χ0n) is 12.2. The van der Waals surface area contributed by atoms with Crippen molar-refractivity contribution in [2.45, 2.75) is 10.9 Å². The summed E-state index contributed by atoms with van der Waals surface area (Å²) in [5, 5.41) is 15.8. The quantitative estimate of drug-likeness (QED) is 0.608. The van der Waals surface area contributed by atoms with Gasteiger partial charge in [0.1, 0.15) is 5.76 Å². The number of hydrogen-bond acceptors (Lipinski definition) is 9. The number of aromatic nitrogens is 2. The van der Waals surface area contributed by atoms with Gasteiger partial charge in [-0.05, 0) is 23.6 Å². The van der Waals surface area contributed by atoms with Crippen LogP contribution in [0.3, 0.4) is 0 Å². The standard InChI is InChI=1S/C14H12N4O3S3/c19-11(16-12(20)10-4-2-6-22-10)8-23-14-18-17-13(24-14)15-7-9-3-1-5-21-9/h1-6H,7-8H2,(H,15,17)(H,16,19,20). The van der Waals surface area contributed by atoms with Crippen LogP contribution in [0.15, 0.2) is 44.7 Å². The fourth-order valence-electron chi connectivity index (χ4n) is 1.67. The molecule has 0 aliphatic heterocycles. The highest BCUT2D eigenvalue weighted by atomic mass is 32.2. The van der Waals surface area contributed by atoms with E-state index in [0.717, 1.165) is 5.76 Å². The summed E-state index contributed by atoms with van der Waals surface area (Å²) >= 11 is 3.86. The Bertz CT molecular complexity index is 799. The molecule has 10 heteroatoms. The summed E-state index contributed by atoms with van der Waals surface area (Å²) in [6.07, 6.45) is 1.61. The molecule has 0 aliphatic rings. The van der Waals surface area contributed by atoms with Crippen LogP contribution < -0.4 is 10.6 Å². The van der Waals surface area contributed by atoms with Crippen LogP contribution in [0.4, 0.5) is 5.13 Å². The number of carbonyl (C=O) groups is 2. The molecule has 0 saturated heterocycles. The fraction of sp³-hybridized carbons (Fsp3) is 0.143. The lowest BCUT2D eigenvalue weighted by Crippen LogP contribution is -2.31. The minimum Gasteiger partial charge on any atom is -0.467 e. The lowest BCUT2D eigenvalue weighted by Gasteiger charge is -2.00. The first-order valence-corrected chi connectivity index (χ1v) is 9.49. The van der Waals surface area contributed by atoms with Crippen molar-refractivity contribution >= 4 is 51.4 Å². The number of amides is 2. The zero-order chi connectivity index (χ0) is 16.8. The van der Waals surface area contributed by atoms with E-state index < -0.39 is 0 Å². The van der Waals surface area contributed by atoms with Crippen molar-refractivity contribution in [3.05, 3.63) is 46.5 Å². The van der Waals surface area contributed by atoms with Crippen LogP contribution in [0.2, 0.25) is 0 Å². The normalized spacial score (nSPS) is 10.5. The largest absolute Gasteiger partial charge is 0.467 e. The van der Waals surface area contributed by atoms with Gasteiger partial charge in [-0.15, -0.1) is 21.5 Å². The number of anilines is 1. The van der Waals surface area contributed by atoms with Crippen molar-refractivity contribution < 1.29 is 14.0 Å². The molecule has 0 unspecified atom stereocenters. The van der Waals surface area contributed by atoms with Crippen molar-refractivity contribution in [3.63, 3.8) is 0 Å². The van der Waals surface area contributed by atoms with E-state index in [9.17, 15) is 9.59 Å². The van der Waals surface area contributed by atoms with Gasteiger partial charge >= 0.3 is 0 Å². The summed E-state index contributed by atoms with van der Waals surface area (Å²) in [5.41, 5.74) is 0. The van der Waals surface area contributed by atoms with Crippen LogP contribution in [0.1, 0.15) is 15.4 Å². The second-order valence-corrected chi connectivity index (χ2v) is 7.60. The highest BCUT2D eigenvalue weighted by Gasteiger charge is 2.13. The Labute approximate surface area is 149 Å². The Balaban J connectivity index is 1.43. The number of nitrogens with zero attached hydrogens (tertiary/aromatic N) is 2. The maximum Gasteiger partial charge on any atom is 0.267 e. The number of hydrogen-bond donors (Lipinski definition) is 2. The highest BCUT2D eigenvalue weighted by molar-refractivity contribution is 8.01. The molecule has 2 N–H and O–H groups in total. The number of carbonyl (C=O) groups excluding carboxylic acids is 2. The van der Waals surface area contributed by atoms with Crippen molar-refractivity contribution in [2.75, 3.05) is 11.1 Å². The zero-order valence-corrected chi connectivity index (χ0v) is 14.7. The van der Waals surface area contributed by atoms with Crippen molar-refractivity contribution in [1.82, 2.24) is 15.5 Å². The van der Waals surface area contributed by atoms with Gasteiger partial charge in [0, 0.05) is 0 Å². The van der Waals surface area contributed by atoms with E-state index in [2.05, 4.69) is 20.8 Å². The maximum atomic E-state index is 11.8. The number of rotatable bonds is 7. The summed E-state index contributed by atoms with van der Waals surface area (Å²) in [6, 6.07) is 7.10. The van der Waals surface area contributed by atoms with E-state index in [-0.39, 0.29) is 17.6 Å². The van der Waals surface area contributed by atoms with Gasteiger partial charge in [-0.3, -0.25) is 14.9 Å². The molecule has 3 rings (SSSR count). The fourth-order valence-corrected chi connectivity index (χ4v) is 3.84. The minimum atomic E-state index is -0.381. The van der Waals surface area contributed by atoms with Gasteiger partial charge in [-0.2, -0.15) is 0 Å². The first-order chi connectivity index (χ1) is 11.7. The Kier molecular flexibility index (Phi) is 5.62. The number of thioether (sulfide) groups is 1. The average molecular weight is 380 g/mol. The number of nitrogens with one attached hydrogen (secondary N) is 2. The van der Waals surface area contributed by atoms with Crippen LogP contribution in [0.25, 0.3) is 0 Å². The molecule has 0 fully saturated rings. The molecule has 0 aliphatic carbocycles. The molecule has 0 bridgehead atoms. The monoisotopic (exact) mass is 380 g/mol. The van der Waals surface area contributed by atoms with Gasteiger partial charge in [-0.1, -0.05) is 29.2 Å². The Morgan fingerprint density at radius 2 is 2.17 bits per heavy atom. The van der Waals surface area contributed by atoms with E-state index in [1.54, 1.807) is 23.8 Å². The summed E-state index contributed by atoms with van der Waals surface area (Å²) in [7, 11) is 0. The molecule has 3 aromatic rings. The summed E-state index contributed by atoms with van der Waals surface area (Å²) in [4.78, 5) is 24.1. The topological polar surface area (TPSA) is 97.1 Å². The molecule has 0 atom stereocenters. The van der Waals surface area contributed by atoms with Crippen LogP contribution in [-0.4, -0.2) is 27.8 Å². The van der Waals surface area contributed by atoms with Crippen molar-refractivity contribution in [3.8, 4) is 0 Å². The Morgan fingerprint density at radius 1 is 1.25 bits per heavy atom. The molecule has 24 heavy (non-hydrogen) atoms. The first kappa shape index (κ1) is 16.7. The van der Waals surface area contributed by atoms with Gasteiger partial charge < -0.3 is 9.73 Å². The molecule has 0 spiro atoms. The second kappa shape index (κ2) is 8.08. The molecule has 0 radical (unpaired) electrons. The third-order valence-corrected chi connectivity index (χ3v) is 5.61. The van der Waals surface area contributed by atoms with Gasteiger partial charge in [0.2, 0.25) is 11.0 Å². The number of thiophene rings is 1. The van der Waals surface area contributed by atoms with Crippen molar-refractivity contribution in [1.29, 1.82) is 0 Å². The summed E-state index contributed by atoms with van der Waals surface area (Å²) in [6.45, 7) is 0.516. The van der Waals surface area contributed by atoms with Gasteiger partial charge in [-0.25, -0.2) is 0 Å². The highest BCUT2D eigenvalue weighted by Crippen LogP contribution is 2.25. The van der Waals surface area contributed by atoms with Crippen LogP contribution in [-0.2, 0) is 11.3 Å². The van der Waals surface area contributed by atoms with E-state index >= 15 is 0 Å². The summed E-state index contributed by atoms with van der Waals surface area (Å²) < 4.78 is 5.86. The third-order valence-electron chi connectivity index (χ3n) is 2.73. The predicted molar refractivity (Wildman–Crippen MR) is 93.5 cm³/mol. The predicted octanol–water partition coefficient (Wildman–Crippen LogP) is 2.85. The maximum absolute atomic E-state index is 11.8. The third kappa shape index (κ3) is 4.66. The van der Waals surface area contributed by atoms with Gasteiger partial charge in [0.15, 0.2) is 4.34 Å². The molecule has 3 heterocycles. The molecule has 0 saturated carbocycles. The number of furan rings is 1. The van der Waals surface area contributed by atoms with Crippen LogP contribution >= 0.6 is 34.4 Å². The summed E-state index contributed by atoms with van der Waals surface area (Å²) in [5.74, 6) is 0.155. The van der Waals surface area contributed by atoms with Crippen LogP contribution in [0, 0.1) is 0 Å². The molecule has 7 nitrogen and oxygen atoms in total. The second-order valence-electron chi connectivity index (χ2n) is 4.45. The lowest BCUT2D eigenvalue weighted by atomic mass is 10.4.